The number of benzene rings is 1. The van der Waals surface area contributed by atoms with Crippen molar-refractivity contribution >= 4 is 29.1 Å². The van der Waals surface area contributed by atoms with Gasteiger partial charge in [-0.05, 0) is 30.7 Å². The Balaban J connectivity index is 2.15. The highest BCUT2D eigenvalue weighted by atomic mass is 35.5. The predicted octanol–water partition coefficient (Wildman–Crippen LogP) is 3.64. The molecule has 2 aromatic rings. The molecule has 26 heavy (non-hydrogen) atoms. The summed E-state index contributed by atoms with van der Waals surface area (Å²) in [6.07, 6.45) is 1.97. The number of hydrogen-bond donors (Lipinski definition) is 1. The SMILES string of the molecule is CCCN(CC(=O)Nc1ccc(F)c(F)c1F)C(=O)c1cccnc1Cl. The fourth-order valence-electron chi connectivity index (χ4n) is 2.22. The summed E-state index contributed by atoms with van der Waals surface area (Å²) in [7, 11) is 0. The summed E-state index contributed by atoms with van der Waals surface area (Å²) in [5, 5.41) is 2.12. The Morgan fingerprint density at radius 3 is 2.58 bits per heavy atom. The van der Waals surface area contributed by atoms with E-state index in [9.17, 15) is 22.8 Å². The molecule has 0 fully saturated rings. The molecule has 138 valence electrons. The summed E-state index contributed by atoms with van der Waals surface area (Å²) in [6.45, 7) is 1.62. The quantitative estimate of drug-likeness (QED) is 0.610. The molecular formula is C17H15ClF3N3O2. The number of carbonyl (C=O) groups is 2. The molecule has 0 bridgehead atoms. The molecule has 1 aromatic heterocycles. The highest BCUT2D eigenvalue weighted by Crippen LogP contribution is 2.20. The van der Waals surface area contributed by atoms with E-state index in [2.05, 4.69) is 10.3 Å². The van der Waals surface area contributed by atoms with Crippen LogP contribution in [0, 0.1) is 17.5 Å². The van der Waals surface area contributed by atoms with E-state index in [4.69, 9.17) is 11.6 Å². The van der Waals surface area contributed by atoms with Crippen LogP contribution in [-0.2, 0) is 4.79 Å². The first-order valence-electron chi connectivity index (χ1n) is 7.68. The summed E-state index contributed by atoms with van der Waals surface area (Å²) in [5.41, 5.74) is -0.397. The summed E-state index contributed by atoms with van der Waals surface area (Å²) in [6, 6.07) is 4.58. The van der Waals surface area contributed by atoms with E-state index in [0.717, 1.165) is 6.07 Å². The first-order valence-corrected chi connectivity index (χ1v) is 8.06. The molecule has 1 aromatic carbocycles. The molecular weight excluding hydrogens is 371 g/mol. The van der Waals surface area contributed by atoms with Crippen molar-refractivity contribution in [1.82, 2.24) is 9.88 Å². The van der Waals surface area contributed by atoms with Crippen molar-refractivity contribution in [2.24, 2.45) is 0 Å². The first-order chi connectivity index (χ1) is 12.3. The van der Waals surface area contributed by atoms with Crippen LogP contribution < -0.4 is 5.32 Å². The summed E-state index contributed by atoms with van der Waals surface area (Å²) in [5.74, 6) is -5.86. The molecule has 9 heteroatoms. The molecule has 1 heterocycles. The molecule has 2 amide bonds. The van der Waals surface area contributed by atoms with Crippen LogP contribution in [0.25, 0.3) is 0 Å². The number of pyridine rings is 1. The van der Waals surface area contributed by atoms with E-state index < -0.39 is 41.5 Å². The van der Waals surface area contributed by atoms with Crippen LogP contribution in [0.15, 0.2) is 30.5 Å². The second-order valence-electron chi connectivity index (χ2n) is 5.34. The Kier molecular flexibility index (Phi) is 6.57. The molecule has 0 saturated carbocycles. The van der Waals surface area contributed by atoms with Crippen molar-refractivity contribution in [2.75, 3.05) is 18.4 Å². The minimum Gasteiger partial charge on any atom is -0.329 e. The lowest BCUT2D eigenvalue weighted by atomic mass is 10.2. The molecule has 5 nitrogen and oxygen atoms in total. The van der Waals surface area contributed by atoms with Crippen molar-refractivity contribution in [1.29, 1.82) is 0 Å². The number of hydrogen-bond acceptors (Lipinski definition) is 3. The molecule has 0 aliphatic rings. The predicted molar refractivity (Wildman–Crippen MR) is 90.4 cm³/mol. The van der Waals surface area contributed by atoms with Crippen molar-refractivity contribution < 1.29 is 22.8 Å². The number of carbonyl (C=O) groups excluding carboxylic acids is 2. The lowest BCUT2D eigenvalue weighted by molar-refractivity contribution is -0.116. The van der Waals surface area contributed by atoms with Crippen LogP contribution >= 0.6 is 11.6 Å². The zero-order chi connectivity index (χ0) is 19.3. The number of rotatable bonds is 6. The smallest absolute Gasteiger partial charge is 0.257 e. The van der Waals surface area contributed by atoms with E-state index in [-0.39, 0.29) is 17.3 Å². The summed E-state index contributed by atoms with van der Waals surface area (Å²) < 4.78 is 39.8. The van der Waals surface area contributed by atoms with E-state index in [1.54, 1.807) is 6.92 Å². The van der Waals surface area contributed by atoms with Crippen LogP contribution in [0.2, 0.25) is 5.15 Å². The van der Waals surface area contributed by atoms with Crippen molar-refractivity contribution in [2.45, 2.75) is 13.3 Å². The van der Waals surface area contributed by atoms with E-state index >= 15 is 0 Å². The number of aromatic nitrogens is 1. The molecule has 0 atom stereocenters. The monoisotopic (exact) mass is 385 g/mol. The third kappa shape index (κ3) is 4.51. The van der Waals surface area contributed by atoms with Gasteiger partial charge in [0.25, 0.3) is 5.91 Å². The van der Waals surface area contributed by atoms with Crippen molar-refractivity contribution in [3.8, 4) is 0 Å². The van der Waals surface area contributed by atoms with Crippen LogP contribution in [0.3, 0.4) is 0 Å². The highest BCUT2D eigenvalue weighted by Gasteiger charge is 2.22. The molecule has 0 aliphatic heterocycles. The van der Waals surface area contributed by atoms with Gasteiger partial charge in [0.05, 0.1) is 11.3 Å². The maximum absolute atomic E-state index is 13.6. The van der Waals surface area contributed by atoms with Crippen molar-refractivity contribution in [3.05, 3.63) is 58.6 Å². The van der Waals surface area contributed by atoms with Gasteiger partial charge in [0, 0.05) is 12.7 Å². The minimum absolute atomic E-state index is 0.00865. The number of nitrogens with one attached hydrogen (secondary N) is 1. The number of amides is 2. The molecule has 2 rings (SSSR count). The molecule has 0 spiro atoms. The third-order valence-corrected chi connectivity index (χ3v) is 3.72. The van der Waals surface area contributed by atoms with Gasteiger partial charge in [-0.15, -0.1) is 0 Å². The fraction of sp³-hybridized carbons (Fsp3) is 0.235. The second kappa shape index (κ2) is 8.66. The second-order valence-corrected chi connectivity index (χ2v) is 5.70. The van der Waals surface area contributed by atoms with Crippen LogP contribution in [0.5, 0.6) is 0 Å². The largest absolute Gasteiger partial charge is 0.329 e. The third-order valence-electron chi connectivity index (χ3n) is 3.41. The van der Waals surface area contributed by atoms with Crippen molar-refractivity contribution in [3.63, 3.8) is 0 Å². The Labute approximate surface area is 152 Å². The molecule has 0 aliphatic carbocycles. The van der Waals surface area contributed by atoms with Gasteiger partial charge < -0.3 is 10.2 Å². The van der Waals surface area contributed by atoms with Gasteiger partial charge in [0.2, 0.25) is 5.91 Å². The summed E-state index contributed by atoms with van der Waals surface area (Å²) >= 11 is 5.90. The van der Waals surface area contributed by atoms with Crippen LogP contribution in [0.1, 0.15) is 23.7 Å². The average molecular weight is 386 g/mol. The summed E-state index contributed by atoms with van der Waals surface area (Å²) in [4.78, 5) is 29.7. The topological polar surface area (TPSA) is 62.3 Å². The molecule has 0 saturated heterocycles. The fourth-order valence-corrected chi connectivity index (χ4v) is 2.42. The van der Waals surface area contributed by atoms with Gasteiger partial charge in [-0.3, -0.25) is 9.59 Å². The lowest BCUT2D eigenvalue weighted by Gasteiger charge is -2.22. The number of halogens is 4. The van der Waals surface area contributed by atoms with E-state index in [0.29, 0.717) is 12.5 Å². The molecule has 1 N–H and O–H groups in total. The van der Waals surface area contributed by atoms with E-state index in [1.165, 1.54) is 23.2 Å². The van der Waals surface area contributed by atoms with Gasteiger partial charge in [-0.25, -0.2) is 18.2 Å². The Hall–Kier alpha value is -2.61. The molecule has 0 radical (unpaired) electrons. The maximum atomic E-state index is 13.6. The van der Waals surface area contributed by atoms with E-state index in [1.807, 2.05) is 0 Å². The van der Waals surface area contributed by atoms with Gasteiger partial charge in [0.1, 0.15) is 11.7 Å². The number of nitrogens with zero attached hydrogens (tertiary/aromatic N) is 2. The lowest BCUT2D eigenvalue weighted by Crippen LogP contribution is -2.38. The molecule has 0 unspecified atom stereocenters. The Bertz CT molecular complexity index is 833. The normalized spacial score (nSPS) is 10.5. The average Bonchev–Trinajstić information content (AvgIpc) is 2.62. The zero-order valence-electron chi connectivity index (χ0n) is 13.7. The van der Waals surface area contributed by atoms with Gasteiger partial charge in [-0.2, -0.15) is 0 Å². The first kappa shape index (κ1) is 19.7. The zero-order valence-corrected chi connectivity index (χ0v) is 14.5. The Morgan fingerprint density at radius 1 is 1.19 bits per heavy atom. The van der Waals surface area contributed by atoms with Gasteiger partial charge >= 0.3 is 0 Å². The van der Waals surface area contributed by atoms with Crippen LogP contribution in [0.4, 0.5) is 18.9 Å². The minimum atomic E-state index is -1.69. The Morgan fingerprint density at radius 2 is 1.92 bits per heavy atom. The van der Waals surface area contributed by atoms with Gasteiger partial charge in [0.15, 0.2) is 17.5 Å². The van der Waals surface area contributed by atoms with Gasteiger partial charge in [-0.1, -0.05) is 18.5 Å². The number of anilines is 1. The maximum Gasteiger partial charge on any atom is 0.257 e. The standard InChI is InChI=1S/C17H15ClF3N3O2/c1-2-8-24(17(26)10-4-3-7-22-16(10)18)9-13(25)23-12-6-5-11(19)14(20)15(12)21/h3-7H,2,8-9H2,1H3,(H,23,25). The van der Waals surface area contributed by atoms with Crippen LogP contribution in [-0.4, -0.2) is 34.8 Å². The highest BCUT2D eigenvalue weighted by molar-refractivity contribution is 6.32.